The summed E-state index contributed by atoms with van der Waals surface area (Å²) >= 11 is 0. The largest absolute Gasteiger partial charge is 0.462 e. The Morgan fingerprint density at radius 3 is 0.740 bits per heavy atom. The Labute approximate surface area is 472 Å². The molecule has 0 aliphatic heterocycles. The number of esters is 3. The van der Waals surface area contributed by atoms with Crippen LogP contribution >= 0.6 is 0 Å². The van der Waals surface area contributed by atoms with E-state index in [4.69, 9.17) is 14.2 Å². The van der Waals surface area contributed by atoms with Crippen molar-refractivity contribution < 1.29 is 28.6 Å². The topological polar surface area (TPSA) is 78.9 Å². The minimum Gasteiger partial charge on any atom is -0.462 e. The molecule has 0 aliphatic rings. The quantitative estimate of drug-likeness (QED) is 0.0261. The highest BCUT2D eigenvalue weighted by molar-refractivity contribution is 5.71. The summed E-state index contributed by atoms with van der Waals surface area (Å²) in [4.78, 5) is 38.3. The van der Waals surface area contributed by atoms with Gasteiger partial charge in [0, 0.05) is 19.3 Å². The molecule has 6 heteroatoms. The van der Waals surface area contributed by atoms with Gasteiger partial charge in [0.1, 0.15) is 13.2 Å². The van der Waals surface area contributed by atoms with Crippen molar-refractivity contribution in [2.45, 2.75) is 245 Å². The summed E-state index contributed by atoms with van der Waals surface area (Å²) in [5, 5.41) is 0. The van der Waals surface area contributed by atoms with E-state index < -0.39 is 6.10 Å². The Hall–Kier alpha value is -5.23. The smallest absolute Gasteiger partial charge is 0.306 e. The highest BCUT2D eigenvalue weighted by Gasteiger charge is 2.19. The molecule has 0 aromatic carbocycles. The Morgan fingerprint density at radius 2 is 0.468 bits per heavy atom. The predicted octanol–water partition coefficient (Wildman–Crippen LogP) is 21.1. The van der Waals surface area contributed by atoms with E-state index in [2.05, 4.69) is 191 Å². The lowest BCUT2D eigenvalue weighted by molar-refractivity contribution is -0.167. The second-order valence-electron chi connectivity index (χ2n) is 19.5. The van der Waals surface area contributed by atoms with Gasteiger partial charge in [0.15, 0.2) is 6.10 Å². The van der Waals surface area contributed by atoms with E-state index in [0.29, 0.717) is 19.3 Å². The molecule has 77 heavy (non-hydrogen) atoms. The molecule has 0 spiro atoms. The van der Waals surface area contributed by atoms with Crippen LogP contribution in [0, 0.1) is 0 Å². The zero-order valence-electron chi connectivity index (χ0n) is 49.1. The van der Waals surface area contributed by atoms with Crippen LogP contribution in [0.5, 0.6) is 0 Å². The first-order chi connectivity index (χ1) is 38.0. The molecule has 0 saturated heterocycles. The maximum Gasteiger partial charge on any atom is 0.306 e. The van der Waals surface area contributed by atoms with Gasteiger partial charge in [-0.3, -0.25) is 14.4 Å². The molecule has 0 aromatic heterocycles. The first-order valence-electron chi connectivity index (χ1n) is 30.6. The number of carbonyl (C=O) groups excluding carboxylic acids is 3. The summed E-state index contributed by atoms with van der Waals surface area (Å²) in [5.41, 5.74) is 0. The summed E-state index contributed by atoms with van der Waals surface area (Å²) < 4.78 is 16.9. The molecule has 6 nitrogen and oxygen atoms in total. The molecule has 0 saturated carbocycles. The molecule has 0 bridgehead atoms. The fraction of sp³-hybridized carbons (Fsp3) is 0.563. The average Bonchev–Trinajstić information content (AvgIpc) is 3.43. The molecule has 0 aromatic rings. The average molecular weight is 1060 g/mol. The lowest BCUT2D eigenvalue weighted by Crippen LogP contribution is -2.30. The second kappa shape index (κ2) is 63.3. The fourth-order valence-electron chi connectivity index (χ4n) is 7.72. The van der Waals surface area contributed by atoms with E-state index in [-0.39, 0.29) is 37.5 Å². The molecule has 0 rings (SSSR count). The van der Waals surface area contributed by atoms with Crippen LogP contribution in [0.2, 0.25) is 0 Å². The first-order valence-corrected chi connectivity index (χ1v) is 30.6. The van der Waals surface area contributed by atoms with Gasteiger partial charge in [-0.05, 0) is 148 Å². The molecule has 1 unspecified atom stereocenters. The summed E-state index contributed by atoms with van der Waals surface area (Å²) in [6, 6.07) is 0. The van der Waals surface area contributed by atoms with Gasteiger partial charge in [-0.25, -0.2) is 0 Å². The Bertz CT molecular complexity index is 1790. The summed E-state index contributed by atoms with van der Waals surface area (Å²) in [7, 11) is 0. The van der Waals surface area contributed by atoms with Crippen LogP contribution in [0.1, 0.15) is 239 Å². The summed E-state index contributed by atoms with van der Waals surface area (Å²) in [5.74, 6) is -0.995. The van der Waals surface area contributed by atoms with Crippen LogP contribution in [-0.2, 0) is 28.6 Å². The highest BCUT2D eigenvalue weighted by Crippen LogP contribution is 2.13. The Balaban J connectivity index is 4.56. The van der Waals surface area contributed by atoms with Crippen LogP contribution in [0.3, 0.4) is 0 Å². The molecule has 0 N–H and O–H groups in total. The van der Waals surface area contributed by atoms with Gasteiger partial charge < -0.3 is 14.2 Å². The number of unbranched alkanes of at least 4 members (excludes halogenated alkanes) is 14. The molecule has 0 radical (unpaired) electrons. The van der Waals surface area contributed by atoms with Crippen LogP contribution < -0.4 is 0 Å². The minimum atomic E-state index is -0.824. The number of allylic oxidation sites excluding steroid dienone is 28. The summed E-state index contributed by atoms with van der Waals surface area (Å²) in [6.07, 6.45) is 93.4. The van der Waals surface area contributed by atoms with Crippen molar-refractivity contribution in [3.63, 3.8) is 0 Å². The first kappa shape index (κ1) is 71.8. The normalized spacial score (nSPS) is 13.3. The molecule has 0 amide bonds. The van der Waals surface area contributed by atoms with Crippen molar-refractivity contribution in [3.8, 4) is 0 Å². The van der Waals surface area contributed by atoms with Crippen LogP contribution in [-0.4, -0.2) is 37.2 Å². The maximum absolute atomic E-state index is 12.9. The third-order valence-corrected chi connectivity index (χ3v) is 12.2. The zero-order valence-corrected chi connectivity index (χ0v) is 49.1. The van der Waals surface area contributed by atoms with Gasteiger partial charge in [-0.2, -0.15) is 0 Å². The monoisotopic (exact) mass is 1060 g/mol. The molecule has 1 atom stereocenters. The van der Waals surface area contributed by atoms with Crippen molar-refractivity contribution in [3.05, 3.63) is 170 Å². The maximum atomic E-state index is 12.9. The Kier molecular flexibility index (Phi) is 59.0. The molecule has 0 fully saturated rings. The predicted molar refractivity (Wildman–Crippen MR) is 334 cm³/mol. The van der Waals surface area contributed by atoms with Crippen molar-refractivity contribution >= 4 is 17.9 Å². The number of hydrogen-bond acceptors (Lipinski definition) is 6. The SMILES string of the molecule is CC/C=C\C/C=C\C/C=C\C/C=C\C/C=C\CCCCCC(=O)OCC(COC(=O)CCCCCCCCCC/C=C\C/C=C\C/C=C\C/C=C\CC)OC(=O)CCCCC/C=C\C/C=C\C/C=C\C/C=C\C/C=C\CC. The zero-order chi connectivity index (χ0) is 55.7. The van der Waals surface area contributed by atoms with Gasteiger partial charge in [-0.1, -0.05) is 242 Å². The fourth-order valence-corrected chi connectivity index (χ4v) is 7.72. The van der Waals surface area contributed by atoms with Crippen molar-refractivity contribution in [2.75, 3.05) is 13.2 Å². The number of ether oxygens (including phenoxy) is 3. The number of rotatable bonds is 53. The molecule has 0 aliphatic carbocycles. The Morgan fingerprint density at radius 1 is 0.260 bits per heavy atom. The second-order valence-corrected chi connectivity index (χ2v) is 19.5. The van der Waals surface area contributed by atoms with Crippen LogP contribution in [0.15, 0.2) is 170 Å². The number of hydrogen-bond donors (Lipinski definition) is 0. The van der Waals surface area contributed by atoms with Gasteiger partial charge in [0.2, 0.25) is 0 Å². The van der Waals surface area contributed by atoms with Crippen LogP contribution in [0.4, 0.5) is 0 Å². The standard InChI is InChI=1S/C71H110O6/c1-4-7-10-13-16-19-22-25-28-31-34-35-38-40-43-46-49-52-55-58-61-64-70(73)76-67-68(77-71(74)65-62-59-56-53-50-47-44-41-37-33-30-27-24-21-18-15-12-9-6-3)66-75-69(72)63-60-57-54-51-48-45-42-39-36-32-29-26-23-20-17-14-11-8-5-2/h7-12,16-21,25-30,34-37,39,41,45,47-48,50,68H,4-6,13-15,22-24,31-33,38,40,42-44,46,49,51-67H2,1-3H3/b10-7-,11-8-,12-9-,19-16-,20-17-,21-18-,28-25-,29-26-,30-27-,35-34-,39-36-,41-37-,48-45-,50-47-. The minimum absolute atomic E-state index is 0.115. The summed E-state index contributed by atoms with van der Waals surface area (Å²) in [6.45, 7) is 6.23. The third kappa shape index (κ3) is 61.5. The lowest BCUT2D eigenvalue weighted by atomic mass is 10.1. The van der Waals surface area contributed by atoms with Gasteiger partial charge in [0.05, 0.1) is 0 Å². The molecular formula is C71H110O6. The van der Waals surface area contributed by atoms with E-state index in [9.17, 15) is 14.4 Å². The van der Waals surface area contributed by atoms with E-state index in [0.717, 1.165) is 161 Å². The molecule has 0 heterocycles. The van der Waals surface area contributed by atoms with E-state index in [1.165, 1.54) is 32.1 Å². The van der Waals surface area contributed by atoms with E-state index in [1.807, 2.05) is 0 Å². The van der Waals surface area contributed by atoms with Crippen LogP contribution in [0.25, 0.3) is 0 Å². The van der Waals surface area contributed by atoms with Crippen molar-refractivity contribution in [2.24, 2.45) is 0 Å². The van der Waals surface area contributed by atoms with E-state index >= 15 is 0 Å². The van der Waals surface area contributed by atoms with E-state index in [1.54, 1.807) is 0 Å². The number of carbonyl (C=O) groups is 3. The third-order valence-electron chi connectivity index (χ3n) is 12.2. The highest BCUT2D eigenvalue weighted by atomic mass is 16.6. The lowest BCUT2D eigenvalue weighted by Gasteiger charge is -2.18. The van der Waals surface area contributed by atoms with Gasteiger partial charge in [0.25, 0.3) is 0 Å². The van der Waals surface area contributed by atoms with Gasteiger partial charge in [-0.15, -0.1) is 0 Å². The van der Waals surface area contributed by atoms with Crippen molar-refractivity contribution in [1.29, 1.82) is 0 Å². The van der Waals surface area contributed by atoms with Gasteiger partial charge >= 0.3 is 17.9 Å². The molecule has 430 valence electrons. The molecular weight excluding hydrogens is 949 g/mol. The van der Waals surface area contributed by atoms with Crippen molar-refractivity contribution in [1.82, 2.24) is 0 Å².